The third-order valence-electron chi connectivity index (χ3n) is 3.50. The van der Waals surface area contributed by atoms with Crippen molar-refractivity contribution in [3.05, 3.63) is 0 Å². The molecule has 1 rings (SSSR count). The molecule has 1 heterocycles. The first-order valence-corrected chi connectivity index (χ1v) is 8.14. The molecule has 5 atom stereocenters. The number of carboxylic acid groups (broad SMARTS) is 1. The van der Waals surface area contributed by atoms with Crippen LogP contribution in [-0.2, 0) is 9.47 Å². The minimum Gasteiger partial charge on any atom is -0.465 e. The highest BCUT2D eigenvalue weighted by Crippen LogP contribution is 2.25. The first-order chi connectivity index (χ1) is 10.2. The molecule has 130 valence electrons. The highest BCUT2D eigenvalue weighted by atomic mass is 32.2. The van der Waals surface area contributed by atoms with Gasteiger partial charge in [-0.15, -0.1) is 0 Å². The van der Waals surface area contributed by atoms with Crippen LogP contribution in [0.1, 0.15) is 20.3 Å². The number of carbonyl (C=O) groups is 1. The molecule has 0 aromatic carbocycles. The Morgan fingerprint density at radius 3 is 2.45 bits per heavy atom. The van der Waals surface area contributed by atoms with Crippen LogP contribution in [0.15, 0.2) is 0 Å². The quantitative estimate of drug-likeness (QED) is 0.397. The average molecular weight is 339 g/mol. The van der Waals surface area contributed by atoms with E-state index in [-0.39, 0.29) is 0 Å². The first-order valence-electron chi connectivity index (χ1n) is 6.99. The third-order valence-corrected chi connectivity index (χ3v) is 4.56. The van der Waals surface area contributed by atoms with Gasteiger partial charge in [-0.25, -0.2) is 4.79 Å². The number of hydrogen-bond donors (Lipinski definition) is 5. The van der Waals surface area contributed by atoms with E-state index in [1.54, 1.807) is 13.8 Å². The van der Waals surface area contributed by atoms with Crippen molar-refractivity contribution in [3.8, 4) is 0 Å². The lowest BCUT2D eigenvalue weighted by Crippen LogP contribution is -2.58. The molecule has 1 aliphatic heterocycles. The molecule has 0 aromatic rings. The maximum atomic E-state index is 10.6. The van der Waals surface area contributed by atoms with E-state index < -0.39 is 42.3 Å². The molecule has 1 fully saturated rings. The third kappa shape index (κ3) is 5.56. The monoisotopic (exact) mass is 339 g/mol. The Bertz CT molecular complexity index is 366. The van der Waals surface area contributed by atoms with Crippen molar-refractivity contribution in [1.29, 1.82) is 0 Å². The smallest absolute Gasteiger partial charge is 0.405 e. The average Bonchev–Trinajstić information content (AvgIpc) is 2.41. The molecular weight excluding hydrogens is 314 g/mol. The Balaban J connectivity index is 2.39. The zero-order valence-electron chi connectivity index (χ0n) is 12.9. The van der Waals surface area contributed by atoms with E-state index in [0.717, 1.165) is 0 Å². The normalized spacial score (nSPS) is 32.7. The van der Waals surface area contributed by atoms with Gasteiger partial charge < -0.3 is 35.2 Å². The summed E-state index contributed by atoms with van der Waals surface area (Å²) in [5, 5.41) is 40.5. The number of nitrogens with one attached hydrogen (secondary N) is 1. The van der Waals surface area contributed by atoms with E-state index in [4.69, 9.17) is 14.6 Å². The van der Waals surface area contributed by atoms with E-state index in [1.165, 1.54) is 18.9 Å². The second-order valence-electron chi connectivity index (χ2n) is 5.89. The van der Waals surface area contributed by atoms with Crippen LogP contribution in [-0.4, -0.2) is 81.4 Å². The summed E-state index contributed by atoms with van der Waals surface area (Å²) in [4.78, 5) is 10.6. The summed E-state index contributed by atoms with van der Waals surface area (Å²) in [6, 6.07) is 0. The predicted octanol–water partition coefficient (Wildman–Crippen LogP) is -0.390. The summed E-state index contributed by atoms with van der Waals surface area (Å²) in [6.07, 6.45) is -5.92. The molecule has 9 heteroatoms. The molecule has 0 saturated carbocycles. The van der Waals surface area contributed by atoms with Crippen LogP contribution in [0.4, 0.5) is 4.79 Å². The van der Waals surface area contributed by atoms with Gasteiger partial charge in [0.05, 0.1) is 6.10 Å². The van der Waals surface area contributed by atoms with Gasteiger partial charge in [0.25, 0.3) is 0 Å². The van der Waals surface area contributed by atoms with E-state index in [2.05, 4.69) is 5.32 Å². The number of amides is 1. The van der Waals surface area contributed by atoms with Crippen molar-refractivity contribution in [1.82, 2.24) is 5.32 Å². The summed E-state index contributed by atoms with van der Waals surface area (Å²) < 4.78 is 10.3. The zero-order chi connectivity index (χ0) is 16.9. The van der Waals surface area contributed by atoms with Gasteiger partial charge in [0.15, 0.2) is 6.29 Å². The highest BCUT2D eigenvalue weighted by molar-refractivity contribution is 7.99. The van der Waals surface area contributed by atoms with Gasteiger partial charge in [0.2, 0.25) is 0 Å². The largest absolute Gasteiger partial charge is 0.465 e. The van der Waals surface area contributed by atoms with Crippen molar-refractivity contribution in [2.75, 3.05) is 18.6 Å². The SMILES string of the molecule is CO[C@H]1O[C@H](CSCCC(C)(C)NC(=O)O)[C@H](O)[C@H](O)[C@H]1O. The fraction of sp³-hybridized carbons (Fsp3) is 0.923. The summed E-state index contributed by atoms with van der Waals surface area (Å²) >= 11 is 1.47. The Morgan fingerprint density at radius 2 is 1.91 bits per heavy atom. The molecule has 1 aliphatic rings. The van der Waals surface area contributed by atoms with Crippen LogP contribution in [0.25, 0.3) is 0 Å². The molecule has 22 heavy (non-hydrogen) atoms. The summed E-state index contributed by atoms with van der Waals surface area (Å²) in [5.41, 5.74) is -0.546. The number of aliphatic hydroxyl groups is 3. The number of ether oxygens (including phenoxy) is 2. The highest BCUT2D eigenvalue weighted by Gasteiger charge is 2.43. The molecular formula is C13H25NO7S. The van der Waals surface area contributed by atoms with E-state index in [0.29, 0.717) is 17.9 Å². The topological polar surface area (TPSA) is 128 Å². The molecule has 8 nitrogen and oxygen atoms in total. The van der Waals surface area contributed by atoms with Gasteiger partial charge >= 0.3 is 6.09 Å². The van der Waals surface area contributed by atoms with Gasteiger partial charge in [0.1, 0.15) is 18.3 Å². The molecule has 0 aromatic heterocycles. The maximum Gasteiger partial charge on any atom is 0.405 e. The lowest BCUT2D eigenvalue weighted by molar-refractivity contribution is -0.284. The summed E-state index contributed by atoms with van der Waals surface area (Å²) in [5.74, 6) is 1.05. The second-order valence-corrected chi connectivity index (χ2v) is 7.04. The van der Waals surface area contributed by atoms with Crippen molar-refractivity contribution in [2.24, 2.45) is 0 Å². The van der Waals surface area contributed by atoms with Crippen molar-refractivity contribution >= 4 is 17.9 Å². The number of aliphatic hydroxyl groups excluding tert-OH is 3. The minimum absolute atomic E-state index is 0.397. The van der Waals surface area contributed by atoms with Crippen LogP contribution in [0.3, 0.4) is 0 Å². The zero-order valence-corrected chi connectivity index (χ0v) is 13.7. The molecule has 5 N–H and O–H groups in total. The van der Waals surface area contributed by atoms with Gasteiger partial charge in [-0.05, 0) is 26.0 Å². The van der Waals surface area contributed by atoms with Gasteiger partial charge in [-0.3, -0.25) is 0 Å². The minimum atomic E-state index is -1.32. The van der Waals surface area contributed by atoms with Gasteiger partial charge in [-0.1, -0.05) is 0 Å². The number of hydrogen-bond acceptors (Lipinski definition) is 7. The molecule has 0 spiro atoms. The van der Waals surface area contributed by atoms with E-state index in [1.807, 2.05) is 0 Å². The standard InChI is InChI=1S/C13H25NO7S/c1-13(2,14-12(18)19)4-5-22-6-7-8(15)9(16)10(17)11(20-3)21-7/h7-11,14-17H,4-6H2,1-3H3,(H,18,19)/t7-,8+,9+,10-,11+/m1/s1. The van der Waals surface area contributed by atoms with Crippen LogP contribution >= 0.6 is 11.8 Å². The number of methoxy groups -OCH3 is 1. The molecule has 0 radical (unpaired) electrons. The Hall–Kier alpha value is -0.580. The molecule has 1 saturated heterocycles. The van der Waals surface area contributed by atoms with Gasteiger partial charge in [-0.2, -0.15) is 11.8 Å². The summed E-state index contributed by atoms with van der Waals surface area (Å²) in [6.45, 7) is 3.57. The fourth-order valence-corrected chi connectivity index (χ4v) is 3.46. The van der Waals surface area contributed by atoms with Crippen LogP contribution in [0.5, 0.6) is 0 Å². The maximum absolute atomic E-state index is 10.6. The number of thioether (sulfide) groups is 1. The second kappa shape index (κ2) is 8.32. The Labute approximate surface area is 133 Å². The molecule has 0 aliphatic carbocycles. The van der Waals surface area contributed by atoms with Crippen molar-refractivity contribution < 1.29 is 34.7 Å². The Morgan fingerprint density at radius 1 is 1.27 bits per heavy atom. The predicted molar refractivity (Wildman–Crippen MR) is 80.9 cm³/mol. The van der Waals surface area contributed by atoms with Gasteiger partial charge in [0, 0.05) is 18.4 Å². The van der Waals surface area contributed by atoms with E-state index >= 15 is 0 Å². The molecule has 1 amide bonds. The molecule has 0 bridgehead atoms. The van der Waals surface area contributed by atoms with Crippen LogP contribution in [0.2, 0.25) is 0 Å². The number of rotatable bonds is 7. The van der Waals surface area contributed by atoms with Crippen LogP contribution < -0.4 is 5.32 Å². The fourth-order valence-electron chi connectivity index (χ4n) is 2.13. The summed E-state index contributed by atoms with van der Waals surface area (Å²) in [7, 11) is 1.35. The van der Waals surface area contributed by atoms with E-state index in [9.17, 15) is 20.1 Å². The van der Waals surface area contributed by atoms with Crippen molar-refractivity contribution in [3.63, 3.8) is 0 Å². The van der Waals surface area contributed by atoms with Crippen LogP contribution in [0, 0.1) is 0 Å². The lowest BCUT2D eigenvalue weighted by Gasteiger charge is -2.39. The molecule has 0 unspecified atom stereocenters. The lowest BCUT2D eigenvalue weighted by atomic mass is 10.00. The van der Waals surface area contributed by atoms with Crippen molar-refractivity contribution in [2.45, 2.75) is 56.5 Å². The first kappa shape index (κ1) is 19.5. The Kier molecular flexibility index (Phi) is 7.36.